The van der Waals surface area contributed by atoms with Crippen LogP contribution in [0.15, 0.2) is 30.5 Å². The van der Waals surface area contributed by atoms with Gasteiger partial charge < -0.3 is 14.6 Å². The highest BCUT2D eigenvalue weighted by Gasteiger charge is 2.33. The number of benzene rings is 1. The molecule has 2 aliphatic rings. The molecule has 1 aromatic carbocycles. The number of fused-ring (bicyclic) bond motifs is 1. The Balaban J connectivity index is 1.38. The second kappa shape index (κ2) is 7.64. The lowest BCUT2D eigenvalue weighted by Crippen LogP contribution is -2.55. The van der Waals surface area contributed by atoms with E-state index in [-0.39, 0.29) is 24.2 Å². The van der Waals surface area contributed by atoms with Crippen molar-refractivity contribution in [3.05, 3.63) is 36.0 Å². The average Bonchev–Trinajstić information content (AvgIpc) is 3.10. The van der Waals surface area contributed by atoms with Crippen LogP contribution in [0, 0.1) is 0 Å². The van der Waals surface area contributed by atoms with E-state index < -0.39 is 0 Å². The van der Waals surface area contributed by atoms with E-state index in [4.69, 9.17) is 4.74 Å². The summed E-state index contributed by atoms with van der Waals surface area (Å²) in [6, 6.07) is 8.48. The van der Waals surface area contributed by atoms with Crippen molar-refractivity contribution in [1.29, 1.82) is 0 Å². The van der Waals surface area contributed by atoms with Gasteiger partial charge in [-0.15, -0.1) is 0 Å². The molecule has 3 heterocycles. The van der Waals surface area contributed by atoms with E-state index in [0.29, 0.717) is 19.0 Å². The molecule has 0 spiro atoms. The zero-order chi connectivity index (χ0) is 19.0. The zero-order valence-electron chi connectivity index (χ0n) is 16.6. The monoisotopic (exact) mass is 369 g/mol. The SMILES string of the molecule is C[C@@H]1CN(C(=O)[C@@H](C)N2CCC(c3c[nH]c4ccccc34)CC2)C[C@H](C)O1. The number of carbonyl (C=O) groups excluding carboxylic acids is 1. The Labute approximate surface area is 161 Å². The predicted octanol–water partition coefficient (Wildman–Crippen LogP) is 3.37. The first-order valence-electron chi connectivity index (χ1n) is 10.3. The van der Waals surface area contributed by atoms with Crippen LogP contribution in [0.2, 0.25) is 0 Å². The standard InChI is InChI=1S/C22H31N3O2/c1-15-13-25(14-16(2)27-15)22(26)17(3)24-10-8-18(9-11-24)20-12-23-21-7-5-4-6-19(20)21/h4-7,12,15-18,23H,8-11,13-14H2,1-3H3/t15-,16+,17-/m1/s1. The van der Waals surface area contributed by atoms with Crippen LogP contribution in [0.25, 0.3) is 10.9 Å². The fourth-order valence-electron chi connectivity index (χ4n) is 4.81. The Morgan fingerprint density at radius 3 is 2.52 bits per heavy atom. The normalized spacial score (nSPS) is 26.4. The van der Waals surface area contributed by atoms with Crippen molar-refractivity contribution in [2.75, 3.05) is 26.2 Å². The number of piperidine rings is 1. The van der Waals surface area contributed by atoms with E-state index in [0.717, 1.165) is 25.9 Å². The molecule has 5 heteroatoms. The number of nitrogens with zero attached hydrogens (tertiary/aromatic N) is 2. The van der Waals surface area contributed by atoms with Gasteiger partial charge in [-0.1, -0.05) is 18.2 Å². The fraction of sp³-hybridized carbons (Fsp3) is 0.591. The van der Waals surface area contributed by atoms with Crippen molar-refractivity contribution in [2.45, 2.75) is 57.8 Å². The van der Waals surface area contributed by atoms with E-state index in [1.807, 2.05) is 18.7 Å². The Kier molecular flexibility index (Phi) is 5.24. The number of likely N-dealkylation sites (tertiary alicyclic amines) is 1. The quantitative estimate of drug-likeness (QED) is 0.902. The van der Waals surface area contributed by atoms with Gasteiger partial charge in [0.25, 0.3) is 0 Å². The average molecular weight is 370 g/mol. The second-order valence-corrected chi connectivity index (χ2v) is 8.28. The highest BCUT2D eigenvalue weighted by atomic mass is 16.5. The molecule has 2 aliphatic heterocycles. The van der Waals surface area contributed by atoms with Gasteiger partial charge >= 0.3 is 0 Å². The highest BCUT2D eigenvalue weighted by molar-refractivity contribution is 5.84. The molecule has 0 saturated carbocycles. The van der Waals surface area contributed by atoms with E-state index in [1.54, 1.807) is 0 Å². The molecular weight excluding hydrogens is 338 g/mol. The summed E-state index contributed by atoms with van der Waals surface area (Å²) in [4.78, 5) is 20.8. The summed E-state index contributed by atoms with van der Waals surface area (Å²) in [5.74, 6) is 0.825. The molecule has 2 aromatic rings. The molecule has 0 radical (unpaired) electrons. The Hall–Kier alpha value is -1.85. The number of hydrogen-bond donors (Lipinski definition) is 1. The van der Waals surface area contributed by atoms with Crippen LogP contribution < -0.4 is 0 Å². The Morgan fingerprint density at radius 2 is 1.81 bits per heavy atom. The number of hydrogen-bond acceptors (Lipinski definition) is 3. The van der Waals surface area contributed by atoms with Crippen LogP contribution in [-0.2, 0) is 9.53 Å². The van der Waals surface area contributed by atoms with E-state index in [1.165, 1.54) is 16.5 Å². The molecular formula is C22H31N3O2. The number of amides is 1. The summed E-state index contributed by atoms with van der Waals surface area (Å²) in [5, 5.41) is 1.34. The van der Waals surface area contributed by atoms with Gasteiger partial charge in [-0.3, -0.25) is 9.69 Å². The number of nitrogens with one attached hydrogen (secondary N) is 1. The minimum Gasteiger partial charge on any atom is -0.372 e. The third kappa shape index (κ3) is 3.76. The van der Waals surface area contributed by atoms with E-state index in [9.17, 15) is 4.79 Å². The molecule has 0 unspecified atom stereocenters. The summed E-state index contributed by atoms with van der Waals surface area (Å²) >= 11 is 0. The van der Waals surface area contributed by atoms with Gasteiger partial charge in [-0.2, -0.15) is 0 Å². The van der Waals surface area contributed by atoms with Gasteiger partial charge in [0.1, 0.15) is 0 Å². The summed E-state index contributed by atoms with van der Waals surface area (Å²) in [6.07, 6.45) is 4.64. The maximum absolute atomic E-state index is 13.0. The lowest BCUT2D eigenvalue weighted by atomic mass is 9.88. The molecule has 0 bridgehead atoms. The highest BCUT2D eigenvalue weighted by Crippen LogP contribution is 2.33. The molecule has 1 aromatic heterocycles. The molecule has 27 heavy (non-hydrogen) atoms. The zero-order valence-corrected chi connectivity index (χ0v) is 16.6. The molecule has 2 saturated heterocycles. The van der Waals surface area contributed by atoms with Crippen LogP contribution in [0.5, 0.6) is 0 Å². The molecule has 1 amide bonds. The summed E-state index contributed by atoms with van der Waals surface area (Å²) in [6.45, 7) is 9.54. The number of rotatable bonds is 3. The first-order chi connectivity index (χ1) is 13.0. The maximum atomic E-state index is 13.0. The van der Waals surface area contributed by atoms with Gasteiger partial charge in [-0.05, 0) is 64.3 Å². The first-order valence-corrected chi connectivity index (χ1v) is 10.3. The van der Waals surface area contributed by atoms with Crippen molar-refractivity contribution in [1.82, 2.24) is 14.8 Å². The topological polar surface area (TPSA) is 48.6 Å². The molecule has 0 aliphatic carbocycles. The lowest BCUT2D eigenvalue weighted by Gasteiger charge is -2.40. The number of ether oxygens (including phenoxy) is 1. The van der Waals surface area contributed by atoms with Crippen molar-refractivity contribution < 1.29 is 9.53 Å². The fourth-order valence-corrected chi connectivity index (χ4v) is 4.81. The molecule has 2 fully saturated rings. The van der Waals surface area contributed by atoms with Gasteiger partial charge in [0.15, 0.2) is 0 Å². The number of para-hydroxylation sites is 1. The lowest BCUT2D eigenvalue weighted by molar-refractivity contribution is -0.148. The molecule has 4 rings (SSSR count). The minimum absolute atomic E-state index is 0.0496. The van der Waals surface area contributed by atoms with E-state index in [2.05, 4.69) is 47.3 Å². The van der Waals surface area contributed by atoms with Crippen LogP contribution in [0.3, 0.4) is 0 Å². The third-order valence-electron chi connectivity index (χ3n) is 6.23. The van der Waals surface area contributed by atoms with Gasteiger partial charge in [0, 0.05) is 30.2 Å². The number of aromatic amines is 1. The van der Waals surface area contributed by atoms with Crippen molar-refractivity contribution in [3.8, 4) is 0 Å². The van der Waals surface area contributed by atoms with Gasteiger partial charge in [0.2, 0.25) is 5.91 Å². The number of H-pyrrole nitrogens is 1. The number of aromatic nitrogens is 1. The molecule has 1 N–H and O–H groups in total. The van der Waals surface area contributed by atoms with Crippen LogP contribution in [0.1, 0.15) is 45.1 Å². The van der Waals surface area contributed by atoms with Crippen LogP contribution >= 0.6 is 0 Å². The maximum Gasteiger partial charge on any atom is 0.239 e. The summed E-state index contributed by atoms with van der Waals surface area (Å²) in [5.41, 5.74) is 2.65. The first kappa shape index (κ1) is 18.5. The van der Waals surface area contributed by atoms with Crippen molar-refractivity contribution >= 4 is 16.8 Å². The molecule has 146 valence electrons. The number of carbonyl (C=O) groups is 1. The van der Waals surface area contributed by atoms with E-state index >= 15 is 0 Å². The smallest absolute Gasteiger partial charge is 0.239 e. The predicted molar refractivity (Wildman–Crippen MR) is 108 cm³/mol. The minimum atomic E-state index is -0.0496. The van der Waals surface area contributed by atoms with Gasteiger partial charge in [0.05, 0.1) is 18.2 Å². The third-order valence-corrected chi connectivity index (χ3v) is 6.23. The van der Waals surface area contributed by atoms with Crippen molar-refractivity contribution in [3.63, 3.8) is 0 Å². The molecule has 5 nitrogen and oxygen atoms in total. The Bertz CT molecular complexity index is 784. The van der Waals surface area contributed by atoms with Crippen LogP contribution in [-0.4, -0.2) is 65.1 Å². The second-order valence-electron chi connectivity index (χ2n) is 8.28. The van der Waals surface area contributed by atoms with Gasteiger partial charge in [-0.25, -0.2) is 0 Å². The Morgan fingerprint density at radius 1 is 1.15 bits per heavy atom. The van der Waals surface area contributed by atoms with Crippen LogP contribution in [0.4, 0.5) is 0 Å². The van der Waals surface area contributed by atoms with Crippen molar-refractivity contribution in [2.24, 2.45) is 0 Å². The summed E-state index contributed by atoms with van der Waals surface area (Å²) in [7, 11) is 0. The largest absolute Gasteiger partial charge is 0.372 e. The summed E-state index contributed by atoms with van der Waals surface area (Å²) < 4.78 is 5.77. The molecule has 3 atom stereocenters. The number of morpholine rings is 1.